The van der Waals surface area contributed by atoms with E-state index in [9.17, 15) is 18.0 Å². The molecule has 4 rings (SSSR count). The number of fused-ring (bicyclic) bond motifs is 1. The van der Waals surface area contributed by atoms with Crippen LogP contribution in [0.2, 0.25) is 0 Å². The van der Waals surface area contributed by atoms with Gasteiger partial charge in [-0.25, -0.2) is 8.42 Å². The van der Waals surface area contributed by atoms with Gasteiger partial charge in [-0.3, -0.25) is 9.59 Å². The van der Waals surface area contributed by atoms with Crippen LogP contribution in [0, 0.1) is 0 Å². The molecule has 0 unspecified atom stereocenters. The second kappa shape index (κ2) is 8.31. The van der Waals surface area contributed by atoms with E-state index in [1.807, 2.05) is 17.5 Å². The lowest BCUT2D eigenvalue weighted by Gasteiger charge is -2.26. The number of hydrogen-bond donors (Lipinski definition) is 1. The molecule has 1 aromatic carbocycles. The molecular formula is C20H21N3O5S2. The number of benzene rings is 1. The second-order valence-corrected chi connectivity index (χ2v) is 9.91. The zero-order valence-electron chi connectivity index (χ0n) is 16.3. The van der Waals surface area contributed by atoms with Crippen LogP contribution < -0.4 is 10.7 Å². The van der Waals surface area contributed by atoms with Gasteiger partial charge in [0.1, 0.15) is 5.56 Å². The third kappa shape index (κ3) is 3.91. The van der Waals surface area contributed by atoms with Gasteiger partial charge in [0.15, 0.2) is 0 Å². The van der Waals surface area contributed by atoms with Crippen LogP contribution in [0.3, 0.4) is 0 Å². The highest BCUT2D eigenvalue weighted by molar-refractivity contribution is 7.89. The van der Waals surface area contributed by atoms with Crippen molar-refractivity contribution in [3.63, 3.8) is 0 Å². The van der Waals surface area contributed by atoms with Crippen molar-refractivity contribution in [3.8, 4) is 0 Å². The van der Waals surface area contributed by atoms with E-state index in [0.29, 0.717) is 25.3 Å². The van der Waals surface area contributed by atoms with Crippen molar-refractivity contribution in [2.75, 3.05) is 26.3 Å². The van der Waals surface area contributed by atoms with Crippen molar-refractivity contribution in [1.82, 2.24) is 14.2 Å². The number of nitrogens with zero attached hydrogens (tertiary/aromatic N) is 2. The molecule has 158 valence electrons. The van der Waals surface area contributed by atoms with E-state index in [2.05, 4.69) is 5.32 Å². The van der Waals surface area contributed by atoms with Crippen molar-refractivity contribution in [2.24, 2.45) is 7.05 Å². The minimum absolute atomic E-state index is 0.0255. The van der Waals surface area contributed by atoms with Crippen LogP contribution in [0.4, 0.5) is 0 Å². The van der Waals surface area contributed by atoms with Crippen LogP contribution >= 0.6 is 11.3 Å². The normalized spacial score (nSPS) is 15.4. The lowest BCUT2D eigenvalue weighted by Crippen LogP contribution is -2.40. The summed E-state index contributed by atoms with van der Waals surface area (Å²) >= 11 is 1.51. The number of amides is 1. The maximum atomic E-state index is 13.0. The van der Waals surface area contributed by atoms with E-state index in [1.54, 1.807) is 17.7 Å². The summed E-state index contributed by atoms with van der Waals surface area (Å²) in [5.41, 5.74) is 0.0315. The average Bonchev–Trinajstić information content (AvgIpc) is 3.28. The predicted molar refractivity (Wildman–Crippen MR) is 114 cm³/mol. The van der Waals surface area contributed by atoms with Crippen LogP contribution in [0.1, 0.15) is 15.2 Å². The van der Waals surface area contributed by atoms with E-state index in [0.717, 1.165) is 4.88 Å². The molecule has 10 heteroatoms. The number of sulfonamides is 1. The standard InChI is InChI=1S/C20H21N3O5S2/c1-22-13-17(20(25)21-12-14-3-2-10-29-14)19(24)16-11-15(4-5-18(16)22)30(26,27)23-6-8-28-9-7-23/h2-5,10-11,13H,6-9,12H2,1H3,(H,21,25). The molecule has 0 spiro atoms. The lowest BCUT2D eigenvalue weighted by atomic mass is 10.1. The van der Waals surface area contributed by atoms with Crippen molar-refractivity contribution in [1.29, 1.82) is 0 Å². The number of nitrogens with one attached hydrogen (secondary N) is 1. The average molecular weight is 448 g/mol. The molecule has 8 nitrogen and oxygen atoms in total. The first-order valence-corrected chi connectivity index (χ1v) is 11.7. The van der Waals surface area contributed by atoms with E-state index < -0.39 is 21.4 Å². The number of carbonyl (C=O) groups is 1. The Bertz CT molecular complexity index is 1240. The Morgan fingerprint density at radius 1 is 1.23 bits per heavy atom. The fraction of sp³-hybridized carbons (Fsp3) is 0.300. The van der Waals surface area contributed by atoms with Crippen molar-refractivity contribution < 1.29 is 17.9 Å². The molecule has 1 aliphatic heterocycles. The van der Waals surface area contributed by atoms with Gasteiger partial charge < -0.3 is 14.6 Å². The number of thiophene rings is 1. The van der Waals surface area contributed by atoms with Crippen LogP contribution in [0.25, 0.3) is 10.9 Å². The first-order valence-electron chi connectivity index (χ1n) is 9.40. The maximum absolute atomic E-state index is 13.0. The molecule has 1 fully saturated rings. The highest BCUT2D eigenvalue weighted by Gasteiger charge is 2.27. The molecule has 0 bridgehead atoms. The minimum atomic E-state index is -3.75. The van der Waals surface area contributed by atoms with Crippen molar-refractivity contribution in [2.45, 2.75) is 11.4 Å². The third-order valence-electron chi connectivity index (χ3n) is 5.02. The largest absolute Gasteiger partial charge is 0.379 e. The number of ether oxygens (including phenoxy) is 1. The fourth-order valence-corrected chi connectivity index (χ4v) is 5.48. The van der Waals surface area contributed by atoms with Crippen LogP contribution in [0.5, 0.6) is 0 Å². The zero-order valence-corrected chi connectivity index (χ0v) is 18.0. The lowest BCUT2D eigenvalue weighted by molar-refractivity contribution is 0.0730. The Labute approximate surface area is 177 Å². The van der Waals surface area contributed by atoms with Crippen molar-refractivity contribution >= 4 is 38.2 Å². The van der Waals surface area contributed by atoms with Gasteiger partial charge in [-0.05, 0) is 29.6 Å². The smallest absolute Gasteiger partial charge is 0.257 e. The van der Waals surface area contributed by atoms with E-state index in [4.69, 9.17) is 4.74 Å². The number of hydrogen-bond acceptors (Lipinski definition) is 6. The number of pyridine rings is 1. The van der Waals surface area contributed by atoms with Gasteiger partial charge in [0, 0.05) is 36.6 Å². The molecule has 1 saturated heterocycles. The summed E-state index contributed by atoms with van der Waals surface area (Å²) in [5.74, 6) is -0.493. The molecule has 1 aliphatic rings. The Balaban J connectivity index is 1.71. The minimum Gasteiger partial charge on any atom is -0.379 e. The molecule has 3 aromatic rings. The number of morpholine rings is 1. The van der Waals surface area contributed by atoms with E-state index in [1.165, 1.54) is 34.0 Å². The number of carbonyl (C=O) groups excluding carboxylic acids is 1. The molecule has 0 saturated carbocycles. The summed E-state index contributed by atoms with van der Waals surface area (Å²) in [6.45, 7) is 1.53. The zero-order chi connectivity index (χ0) is 21.3. The Hall–Kier alpha value is -2.53. The summed E-state index contributed by atoms with van der Waals surface area (Å²) in [6.07, 6.45) is 1.48. The van der Waals surface area contributed by atoms with Crippen LogP contribution in [0.15, 0.2) is 51.6 Å². The van der Waals surface area contributed by atoms with Crippen molar-refractivity contribution in [3.05, 3.63) is 62.6 Å². The molecule has 3 heterocycles. The number of aryl methyl sites for hydroxylation is 1. The molecule has 30 heavy (non-hydrogen) atoms. The SMILES string of the molecule is Cn1cc(C(=O)NCc2cccs2)c(=O)c2cc(S(=O)(=O)N3CCOCC3)ccc21. The first kappa shape index (κ1) is 20.7. The predicted octanol–water partition coefficient (Wildman–Crippen LogP) is 1.55. The van der Waals surface area contributed by atoms with Gasteiger partial charge in [0.2, 0.25) is 15.5 Å². The Morgan fingerprint density at radius 3 is 2.70 bits per heavy atom. The van der Waals surface area contributed by atoms with Gasteiger partial charge in [0.05, 0.1) is 30.2 Å². The molecule has 0 atom stereocenters. The molecule has 1 amide bonds. The summed E-state index contributed by atoms with van der Waals surface area (Å²) in [6, 6.07) is 8.23. The van der Waals surface area contributed by atoms with Gasteiger partial charge in [0.25, 0.3) is 5.91 Å². The Kier molecular flexibility index (Phi) is 5.74. The van der Waals surface area contributed by atoms with E-state index in [-0.39, 0.29) is 28.9 Å². The van der Waals surface area contributed by atoms with Gasteiger partial charge in [-0.1, -0.05) is 6.07 Å². The summed E-state index contributed by atoms with van der Waals surface area (Å²) in [7, 11) is -2.03. The van der Waals surface area contributed by atoms with Crippen LogP contribution in [-0.2, 0) is 28.4 Å². The molecule has 1 N–H and O–H groups in total. The third-order valence-corrected chi connectivity index (χ3v) is 7.79. The molecule has 0 aliphatic carbocycles. The highest BCUT2D eigenvalue weighted by atomic mass is 32.2. The highest BCUT2D eigenvalue weighted by Crippen LogP contribution is 2.21. The summed E-state index contributed by atoms with van der Waals surface area (Å²) in [5, 5.41) is 4.85. The quantitative estimate of drug-likeness (QED) is 0.640. The Morgan fingerprint density at radius 2 is 2.00 bits per heavy atom. The second-order valence-electron chi connectivity index (χ2n) is 6.94. The van der Waals surface area contributed by atoms with Gasteiger partial charge in [-0.2, -0.15) is 4.31 Å². The first-order chi connectivity index (χ1) is 14.4. The van der Waals surface area contributed by atoms with Crippen LogP contribution in [-0.4, -0.2) is 49.5 Å². The monoisotopic (exact) mass is 447 g/mol. The summed E-state index contributed by atoms with van der Waals surface area (Å²) in [4.78, 5) is 26.7. The molecule has 0 radical (unpaired) electrons. The fourth-order valence-electron chi connectivity index (χ4n) is 3.41. The number of aromatic nitrogens is 1. The molecular weight excluding hydrogens is 426 g/mol. The van der Waals surface area contributed by atoms with Gasteiger partial charge >= 0.3 is 0 Å². The number of rotatable bonds is 5. The topological polar surface area (TPSA) is 97.7 Å². The van der Waals surface area contributed by atoms with Gasteiger partial charge in [-0.15, -0.1) is 11.3 Å². The van der Waals surface area contributed by atoms with E-state index >= 15 is 0 Å². The maximum Gasteiger partial charge on any atom is 0.257 e. The molecule has 2 aromatic heterocycles. The summed E-state index contributed by atoms with van der Waals surface area (Å²) < 4.78 is 34.2.